The minimum absolute atomic E-state index is 0.103. The number of benzene rings is 1. The van der Waals surface area contributed by atoms with Gasteiger partial charge in [-0.2, -0.15) is 5.10 Å². The van der Waals surface area contributed by atoms with E-state index in [1.54, 1.807) is 6.20 Å². The fourth-order valence-electron chi connectivity index (χ4n) is 1.92. The maximum atomic E-state index is 13.4. The van der Waals surface area contributed by atoms with E-state index < -0.39 is 17.7 Å². The Hall–Kier alpha value is -1.79. The molecule has 1 atom stereocenters. The Balaban J connectivity index is 1.70. The second-order valence-corrected chi connectivity index (χ2v) is 4.51. The van der Waals surface area contributed by atoms with E-state index in [0.29, 0.717) is 6.54 Å². The summed E-state index contributed by atoms with van der Waals surface area (Å²) in [5.41, 5.74) is 0.103. The highest BCUT2D eigenvalue weighted by atomic mass is 19.1. The van der Waals surface area contributed by atoms with Crippen LogP contribution in [0.25, 0.3) is 0 Å². The molecule has 108 valence electrons. The minimum Gasteiger partial charge on any atom is -0.387 e. The second kappa shape index (κ2) is 7.12. The van der Waals surface area contributed by atoms with E-state index >= 15 is 0 Å². The summed E-state index contributed by atoms with van der Waals surface area (Å²) < 4.78 is 28.0. The Morgan fingerprint density at radius 2 is 2.20 bits per heavy atom. The largest absolute Gasteiger partial charge is 0.387 e. The Bertz CT molecular complexity index is 531. The summed E-state index contributed by atoms with van der Waals surface area (Å²) in [7, 11) is 0. The summed E-state index contributed by atoms with van der Waals surface area (Å²) >= 11 is 0. The van der Waals surface area contributed by atoms with Crippen molar-refractivity contribution in [1.29, 1.82) is 0 Å². The van der Waals surface area contributed by atoms with Crippen LogP contribution in [0.5, 0.6) is 0 Å². The molecule has 20 heavy (non-hydrogen) atoms. The lowest BCUT2D eigenvalue weighted by molar-refractivity contribution is 0.170. The summed E-state index contributed by atoms with van der Waals surface area (Å²) in [6, 6.07) is 5.03. The van der Waals surface area contributed by atoms with Crippen molar-refractivity contribution in [2.45, 2.75) is 19.1 Å². The number of aryl methyl sites for hydroxylation is 1. The molecule has 2 aromatic rings. The zero-order valence-corrected chi connectivity index (χ0v) is 11.0. The van der Waals surface area contributed by atoms with E-state index in [9.17, 15) is 13.9 Å². The van der Waals surface area contributed by atoms with Crippen molar-refractivity contribution in [2.75, 3.05) is 13.1 Å². The van der Waals surface area contributed by atoms with Crippen LogP contribution in [0.1, 0.15) is 18.1 Å². The molecule has 4 nitrogen and oxygen atoms in total. The monoisotopic (exact) mass is 281 g/mol. The van der Waals surface area contributed by atoms with Gasteiger partial charge in [0.15, 0.2) is 0 Å². The van der Waals surface area contributed by atoms with Gasteiger partial charge in [-0.3, -0.25) is 4.68 Å². The van der Waals surface area contributed by atoms with Gasteiger partial charge in [-0.1, -0.05) is 6.07 Å². The number of hydrogen-bond donors (Lipinski definition) is 2. The van der Waals surface area contributed by atoms with Crippen LogP contribution in [0, 0.1) is 11.6 Å². The van der Waals surface area contributed by atoms with Gasteiger partial charge >= 0.3 is 0 Å². The molecule has 0 bridgehead atoms. The molecule has 0 radical (unpaired) electrons. The Morgan fingerprint density at radius 1 is 1.35 bits per heavy atom. The van der Waals surface area contributed by atoms with E-state index in [-0.39, 0.29) is 12.1 Å². The van der Waals surface area contributed by atoms with Crippen LogP contribution < -0.4 is 5.32 Å². The van der Waals surface area contributed by atoms with Crippen molar-refractivity contribution in [3.63, 3.8) is 0 Å². The van der Waals surface area contributed by atoms with Crippen molar-refractivity contribution in [3.05, 3.63) is 53.9 Å². The first-order valence-electron chi connectivity index (χ1n) is 6.48. The third-order valence-corrected chi connectivity index (χ3v) is 2.96. The molecule has 0 saturated heterocycles. The number of halogens is 2. The van der Waals surface area contributed by atoms with Gasteiger partial charge in [-0.15, -0.1) is 0 Å². The number of aliphatic hydroxyl groups excluding tert-OH is 1. The normalized spacial score (nSPS) is 12.6. The molecule has 0 spiro atoms. The average Bonchev–Trinajstić information content (AvgIpc) is 2.91. The highest BCUT2D eigenvalue weighted by Gasteiger charge is 2.12. The molecule has 0 aliphatic carbocycles. The van der Waals surface area contributed by atoms with Crippen LogP contribution >= 0.6 is 0 Å². The molecule has 0 fully saturated rings. The van der Waals surface area contributed by atoms with E-state index in [1.165, 1.54) is 6.07 Å². The number of hydrogen-bond acceptors (Lipinski definition) is 3. The van der Waals surface area contributed by atoms with Gasteiger partial charge in [0.25, 0.3) is 0 Å². The molecule has 6 heteroatoms. The van der Waals surface area contributed by atoms with Crippen LogP contribution in [0.4, 0.5) is 8.78 Å². The molecule has 0 saturated carbocycles. The maximum Gasteiger partial charge on any atom is 0.131 e. The molecular formula is C14H17F2N3O. The van der Waals surface area contributed by atoms with Crippen molar-refractivity contribution >= 4 is 0 Å². The lowest BCUT2D eigenvalue weighted by Gasteiger charge is -2.13. The third-order valence-electron chi connectivity index (χ3n) is 2.96. The summed E-state index contributed by atoms with van der Waals surface area (Å²) in [6.45, 7) is 1.68. The van der Waals surface area contributed by atoms with E-state index in [2.05, 4.69) is 10.4 Å². The van der Waals surface area contributed by atoms with Crippen LogP contribution in [-0.4, -0.2) is 28.0 Å². The molecule has 1 unspecified atom stereocenters. The predicted octanol–water partition coefficient (Wildman–Crippen LogP) is 1.87. The summed E-state index contributed by atoms with van der Waals surface area (Å²) in [6.07, 6.45) is 3.46. The standard InChI is InChI=1S/C14H17F2N3O/c15-11-3-4-12(13(16)9-11)14(20)10-17-5-1-7-19-8-2-6-18-19/h2-4,6,8-9,14,17,20H,1,5,7,10H2. The topological polar surface area (TPSA) is 50.1 Å². The van der Waals surface area contributed by atoms with Crippen LogP contribution in [0.2, 0.25) is 0 Å². The van der Waals surface area contributed by atoms with E-state index in [4.69, 9.17) is 0 Å². The third kappa shape index (κ3) is 4.11. The van der Waals surface area contributed by atoms with Crippen LogP contribution in [-0.2, 0) is 6.54 Å². The van der Waals surface area contributed by atoms with Crippen molar-refractivity contribution in [3.8, 4) is 0 Å². The van der Waals surface area contributed by atoms with Crippen LogP contribution in [0.3, 0.4) is 0 Å². The lowest BCUT2D eigenvalue weighted by atomic mass is 10.1. The zero-order chi connectivity index (χ0) is 14.4. The lowest BCUT2D eigenvalue weighted by Crippen LogP contribution is -2.24. The molecule has 1 aromatic carbocycles. The fourth-order valence-corrected chi connectivity index (χ4v) is 1.92. The van der Waals surface area contributed by atoms with Gasteiger partial charge < -0.3 is 10.4 Å². The first-order valence-corrected chi connectivity index (χ1v) is 6.48. The number of aliphatic hydroxyl groups is 1. The van der Waals surface area contributed by atoms with Gasteiger partial charge in [-0.05, 0) is 25.1 Å². The zero-order valence-electron chi connectivity index (χ0n) is 11.0. The van der Waals surface area contributed by atoms with Crippen molar-refractivity contribution in [2.24, 2.45) is 0 Å². The van der Waals surface area contributed by atoms with Crippen molar-refractivity contribution < 1.29 is 13.9 Å². The molecular weight excluding hydrogens is 264 g/mol. The molecule has 2 rings (SSSR count). The molecule has 0 amide bonds. The van der Waals surface area contributed by atoms with Gasteiger partial charge in [0.05, 0.1) is 6.10 Å². The molecule has 2 N–H and O–H groups in total. The highest BCUT2D eigenvalue weighted by Crippen LogP contribution is 2.17. The number of aromatic nitrogens is 2. The Morgan fingerprint density at radius 3 is 2.90 bits per heavy atom. The van der Waals surface area contributed by atoms with Gasteiger partial charge in [-0.25, -0.2) is 8.78 Å². The summed E-state index contributed by atoms with van der Waals surface area (Å²) in [5.74, 6) is -1.37. The molecule has 1 aromatic heterocycles. The van der Waals surface area contributed by atoms with Gasteiger partial charge in [0.1, 0.15) is 11.6 Å². The smallest absolute Gasteiger partial charge is 0.131 e. The maximum absolute atomic E-state index is 13.4. The first-order chi connectivity index (χ1) is 9.66. The highest BCUT2D eigenvalue weighted by molar-refractivity contribution is 5.21. The number of rotatable bonds is 7. The number of nitrogens with zero attached hydrogens (tertiary/aromatic N) is 2. The fraction of sp³-hybridized carbons (Fsp3) is 0.357. The Labute approximate surface area is 116 Å². The van der Waals surface area contributed by atoms with Gasteiger partial charge in [0.2, 0.25) is 0 Å². The average molecular weight is 281 g/mol. The van der Waals surface area contributed by atoms with Crippen LogP contribution in [0.15, 0.2) is 36.7 Å². The quantitative estimate of drug-likeness (QED) is 0.762. The van der Waals surface area contributed by atoms with E-state index in [1.807, 2.05) is 16.9 Å². The van der Waals surface area contributed by atoms with E-state index in [0.717, 1.165) is 25.1 Å². The first kappa shape index (κ1) is 14.6. The summed E-state index contributed by atoms with van der Waals surface area (Å²) in [5, 5.41) is 16.9. The second-order valence-electron chi connectivity index (χ2n) is 4.51. The Kier molecular flexibility index (Phi) is 5.20. The molecule has 1 heterocycles. The predicted molar refractivity (Wildman–Crippen MR) is 71.0 cm³/mol. The minimum atomic E-state index is -0.986. The molecule has 0 aliphatic heterocycles. The summed E-state index contributed by atoms with van der Waals surface area (Å²) in [4.78, 5) is 0. The van der Waals surface area contributed by atoms with Gasteiger partial charge in [0, 0.05) is 37.1 Å². The van der Waals surface area contributed by atoms with Crippen molar-refractivity contribution in [1.82, 2.24) is 15.1 Å². The number of nitrogens with one attached hydrogen (secondary N) is 1. The molecule has 0 aliphatic rings. The SMILES string of the molecule is OC(CNCCCn1cccn1)c1ccc(F)cc1F.